The van der Waals surface area contributed by atoms with Gasteiger partial charge in [0.25, 0.3) is 10.0 Å². The molecular formula is C21H15BrCl2N2O2S. The zero-order valence-corrected chi connectivity index (χ0v) is 19.1. The minimum absolute atomic E-state index is 0.121. The van der Waals surface area contributed by atoms with Gasteiger partial charge in [-0.15, -0.1) is 0 Å². The molecule has 0 bridgehead atoms. The summed E-state index contributed by atoms with van der Waals surface area (Å²) >= 11 is 15.6. The van der Waals surface area contributed by atoms with E-state index in [2.05, 4.69) is 26.7 Å². The lowest BCUT2D eigenvalue weighted by molar-refractivity contribution is 0.600. The molecule has 3 rings (SSSR count). The number of sulfonamides is 1. The van der Waals surface area contributed by atoms with E-state index in [1.807, 2.05) is 0 Å². The molecule has 0 unspecified atom stereocenters. The van der Waals surface area contributed by atoms with Crippen molar-refractivity contribution in [3.05, 3.63) is 91.9 Å². The summed E-state index contributed by atoms with van der Waals surface area (Å²) in [6, 6.07) is 19.0. The number of nitriles is 1. The van der Waals surface area contributed by atoms with Gasteiger partial charge in [-0.25, -0.2) is 8.42 Å². The van der Waals surface area contributed by atoms with Crippen LogP contribution in [0, 0.1) is 18.3 Å². The predicted molar refractivity (Wildman–Crippen MR) is 120 cm³/mol. The molecule has 0 saturated heterocycles. The SMILES string of the molecule is Cc1cc([C@@H](C#N)c2ccc(Cl)cc2)c(Cl)cc1NS(=O)(=O)c1ccccc1Br. The molecular weight excluding hydrogens is 495 g/mol. The quantitative estimate of drug-likeness (QED) is 0.425. The van der Waals surface area contributed by atoms with Gasteiger partial charge in [0.2, 0.25) is 0 Å². The molecule has 0 spiro atoms. The normalized spacial score (nSPS) is 12.2. The Labute approximate surface area is 188 Å². The summed E-state index contributed by atoms with van der Waals surface area (Å²) < 4.78 is 28.6. The summed E-state index contributed by atoms with van der Waals surface area (Å²) in [7, 11) is -3.81. The van der Waals surface area contributed by atoms with Crippen LogP contribution in [0.1, 0.15) is 22.6 Å². The van der Waals surface area contributed by atoms with E-state index in [-0.39, 0.29) is 4.90 Å². The molecule has 3 aromatic carbocycles. The molecule has 1 atom stereocenters. The first-order valence-electron chi connectivity index (χ1n) is 8.45. The number of benzene rings is 3. The molecule has 8 heteroatoms. The van der Waals surface area contributed by atoms with Gasteiger partial charge in [0.15, 0.2) is 0 Å². The average Bonchev–Trinajstić information content (AvgIpc) is 2.67. The molecule has 3 aromatic rings. The van der Waals surface area contributed by atoms with Gasteiger partial charge in [-0.3, -0.25) is 4.72 Å². The number of halogens is 3. The molecule has 0 aromatic heterocycles. The Hall–Kier alpha value is -2.04. The van der Waals surface area contributed by atoms with Crippen LogP contribution in [-0.4, -0.2) is 8.42 Å². The Balaban J connectivity index is 1.98. The van der Waals surface area contributed by atoms with Crippen LogP contribution in [-0.2, 0) is 10.0 Å². The van der Waals surface area contributed by atoms with Crippen molar-refractivity contribution in [2.24, 2.45) is 0 Å². The maximum Gasteiger partial charge on any atom is 0.263 e. The fourth-order valence-electron chi connectivity index (χ4n) is 2.88. The second-order valence-corrected chi connectivity index (χ2v) is 9.69. The monoisotopic (exact) mass is 508 g/mol. The number of rotatable bonds is 5. The van der Waals surface area contributed by atoms with E-state index in [0.717, 1.165) is 5.56 Å². The first-order valence-corrected chi connectivity index (χ1v) is 11.5. The Morgan fingerprint density at radius 1 is 1.07 bits per heavy atom. The van der Waals surface area contributed by atoms with Gasteiger partial charge < -0.3 is 0 Å². The highest BCUT2D eigenvalue weighted by molar-refractivity contribution is 9.10. The average molecular weight is 510 g/mol. The third kappa shape index (κ3) is 4.76. The van der Waals surface area contributed by atoms with Crippen molar-refractivity contribution >= 4 is 54.8 Å². The van der Waals surface area contributed by atoms with E-state index < -0.39 is 15.9 Å². The molecule has 0 aliphatic rings. The zero-order chi connectivity index (χ0) is 21.2. The van der Waals surface area contributed by atoms with E-state index in [0.29, 0.717) is 31.3 Å². The highest BCUT2D eigenvalue weighted by Crippen LogP contribution is 2.35. The summed E-state index contributed by atoms with van der Waals surface area (Å²) in [5.74, 6) is -0.604. The number of hydrogen-bond donors (Lipinski definition) is 1. The van der Waals surface area contributed by atoms with Crippen LogP contribution < -0.4 is 4.72 Å². The largest absolute Gasteiger partial charge is 0.279 e. The number of nitrogens with zero attached hydrogens (tertiary/aromatic N) is 1. The number of nitrogens with one attached hydrogen (secondary N) is 1. The second kappa shape index (κ2) is 8.76. The third-order valence-electron chi connectivity index (χ3n) is 4.36. The lowest BCUT2D eigenvalue weighted by Gasteiger charge is -2.17. The lowest BCUT2D eigenvalue weighted by atomic mass is 9.91. The summed E-state index contributed by atoms with van der Waals surface area (Å²) in [5.41, 5.74) is 2.34. The van der Waals surface area contributed by atoms with E-state index >= 15 is 0 Å². The van der Waals surface area contributed by atoms with Crippen LogP contribution >= 0.6 is 39.1 Å². The molecule has 148 valence electrons. The van der Waals surface area contributed by atoms with Crippen molar-refractivity contribution in [2.45, 2.75) is 17.7 Å². The topological polar surface area (TPSA) is 70.0 Å². The Kier molecular flexibility index (Phi) is 6.55. The van der Waals surface area contributed by atoms with Crippen LogP contribution in [0.4, 0.5) is 5.69 Å². The molecule has 0 aliphatic heterocycles. The first-order chi connectivity index (χ1) is 13.7. The van der Waals surface area contributed by atoms with Gasteiger partial charge in [0, 0.05) is 14.5 Å². The fourth-order valence-corrected chi connectivity index (χ4v) is 5.40. The molecule has 4 nitrogen and oxygen atoms in total. The maximum atomic E-state index is 12.8. The number of hydrogen-bond acceptors (Lipinski definition) is 3. The Morgan fingerprint density at radius 3 is 2.34 bits per heavy atom. The fraction of sp³-hybridized carbons (Fsp3) is 0.0952. The van der Waals surface area contributed by atoms with Gasteiger partial charge in [-0.05, 0) is 69.9 Å². The summed E-state index contributed by atoms with van der Waals surface area (Å²) in [4.78, 5) is 0.121. The van der Waals surface area contributed by atoms with Crippen molar-refractivity contribution in [1.29, 1.82) is 5.26 Å². The number of aryl methyl sites for hydroxylation is 1. The Morgan fingerprint density at radius 2 is 1.72 bits per heavy atom. The van der Waals surface area contributed by atoms with Gasteiger partial charge in [-0.1, -0.05) is 53.5 Å². The van der Waals surface area contributed by atoms with Gasteiger partial charge in [0.05, 0.1) is 17.7 Å². The third-order valence-corrected chi connectivity index (χ3v) is 7.31. The number of anilines is 1. The Bertz CT molecular complexity index is 1210. The van der Waals surface area contributed by atoms with Gasteiger partial charge in [0.1, 0.15) is 4.90 Å². The lowest BCUT2D eigenvalue weighted by Crippen LogP contribution is -2.14. The van der Waals surface area contributed by atoms with Crippen molar-refractivity contribution in [3.63, 3.8) is 0 Å². The van der Waals surface area contributed by atoms with Crippen LogP contribution in [0.5, 0.6) is 0 Å². The molecule has 0 aliphatic carbocycles. The maximum absolute atomic E-state index is 12.8. The van der Waals surface area contributed by atoms with Crippen molar-refractivity contribution < 1.29 is 8.42 Å². The second-order valence-electron chi connectivity index (χ2n) is 6.34. The highest BCUT2D eigenvalue weighted by atomic mass is 79.9. The van der Waals surface area contributed by atoms with Crippen molar-refractivity contribution in [3.8, 4) is 6.07 Å². The minimum Gasteiger partial charge on any atom is -0.279 e. The first kappa shape index (κ1) is 21.7. The van der Waals surface area contributed by atoms with E-state index in [4.69, 9.17) is 23.2 Å². The molecule has 29 heavy (non-hydrogen) atoms. The van der Waals surface area contributed by atoms with E-state index in [1.54, 1.807) is 55.5 Å². The highest BCUT2D eigenvalue weighted by Gasteiger charge is 2.22. The summed E-state index contributed by atoms with van der Waals surface area (Å²) in [6.07, 6.45) is 0. The molecule has 0 amide bonds. The van der Waals surface area contributed by atoms with E-state index in [9.17, 15) is 13.7 Å². The molecule has 0 fully saturated rings. The van der Waals surface area contributed by atoms with Crippen molar-refractivity contribution in [1.82, 2.24) is 0 Å². The molecule has 1 N–H and O–H groups in total. The van der Waals surface area contributed by atoms with Crippen LogP contribution in [0.2, 0.25) is 10.0 Å². The molecule has 0 radical (unpaired) electrons. The minimum atomic E-state index is -3.81. The summed E-state index contributed by atoms with van der Waals surface area (Å²) in [6.45, 7) is 1.76. The van der Waals surface area contributed by atoms with E-state index in [1.165, 1.54) is 12.1 Å². The smallest absolute Gasteiger partial charge is 0.263 e. The van der Waals surface area contributed by atoms with Crippen LogP contribution in [0.15, 0.2) is 70.0 Å². The van der Waals surface area contributed by atoms with Gasteiger partial charge in [-0.2, -0.15) is 5.26 Å². The predicted octanol–water partition coefficient (Wildman–Crippen LogP) is 6.52. The van der Waals surface area contributed by atoms with Gasteiger partial charge >= 0.3 is 0 Å². The standard InChI is InChI=1S/C21H15BrCl2N2O2S/c1-13-10-16(17(12-25)14-6-8-15(23)9-7-14)19(24)11-20(13)26-29(27,28)21-5-3-2-4-18(21)22/h2-11,17,26H,1H3/t17-/m0/s1. The molecule has 0 heterocycles. The summed E-state index contributed by atoms with van der Waals surface area (Å²) in [5, 5.41) is 10.6. The van der Waals surface area contributed by atoms with Crippen LogP contribution in [0.3, 0.4) is 0 Å². The van der Waals surface area contributed by atoms with Crippen LogP contribution in [0.25, 0.3) is 0 Å². The molecule has 0 saturated carbocycles. The zero-order valence-electron chi connectivity index (χ0n) is 15.2. The van der Waals surface area contributed by atoms with Crippen molar-refractivity contribution in [2.75, 3.05) is 4.72 Å².